The van der Waals surface area contributed by atoms with Crippen molar-refractivity contribution < 1.29 is 23.8 Å². The number of rotatable bonds is 14. The second-order valence-electron chi connectivity index (χ2n) is 9.66. The first-order valence-electron chi connectivity index (χ1n) is 13.0. The molecule has 0 saturated heterocycles. The third-order valence-corrected chi connectivity index (χ3v) is 6.32. The molecule has 39 heavy (non-hydrogen) atoms. The summed E-state index contributed by atoms with van der Waals surface area (Å²) in [4.78, 5) is 25.9. The monoisotopic (exact) mass is 571 g/mol. The highest BCUT2D eigenvalue weighted by Gasteiger charge is 2.29. The molecule has 0 bridgehead atoms. The largest absolute Gasteiger partial charge is 0.489 e. The van der Waals surface area contributed by atoms with Gasteiger partial charge in [-0.2, -0.15) is 0 Å². The number of carbonyl (C=O) groups excluding carboxylic acids is 2. The standard InChI is InChI=1S/C31H35Cl2NO5/c1-4-37-30(35)29(34-28(14-21(2)3)31(36)39-19-23-8-6-5-7-9-23)17-22-10-12-27(13-11-22)38-20-24-15-25(32)18-26(33)16-24/h5-13,15-16,18,21,28-29,34H,4,14,17,19-20H2,1-3H3/t28?,29-/m0/s1. The number of ether oxygens (including phenoxy) is 3. The van der Waals surface area contributed by atoms with E-state index in [1.165, 1.54) is 0 Å². The molecule has 3 aromatic rings. The van der Waals surface area contributed by atoms with Gasteiger partial charge in [-0.25, -0.2) is 0 Å². The predicted molar refractivity (Wildman–Crippen MR) is 154 cm³/mol. The summed E-state index contributed by atoms with van der Waals surface area (Å²) in [7, 11) is 0. The maximum absolute atomic E-state index is 13.0. The minimum absolute atomic E-state index is 0.170. The van der Waals surface area contributed by atoms with Crippen LogP contribution < -0.4 is 10.1 Å². The van der Waals surface area contributed by atoms with Gasteiger partial charge in [0.15, 0.2) is 0 Å². The fourth-order valence-electron chi connectivity index (χ4n) is 4.05. The summed E-state index contributed by atoms with van der Waals surface area (Å²) >= 11 is 12.1. The molecule has 0 aliphatic carbocycles. The average molecular weight is 573 g/mol. The van der Waals surface area contributed by atoms with Crippen LogP contribution in [-0.2, 0) is 38.7 Å². The molecule has 0 fully saturated rings. The molecular formula is C31H35Cl2NO5. The molecule has 1 N–H and O–H groups in total. The van der Waals surface area contributed by atoms with Crippen molar-refractivity contribution in [1.29, 1.82) is 0 Å². The molecule has 208 valence electrons. The maximum Gasteiger partial charge on any atom is 0.323 e. The third-order valence-electron chi connectivity index (χ3n) is 5.88. The van der Waals surface area contributed by atoms with Crippen LogP contribution in [0.5, 0.6) is 5.75 Å². The zero-order chi connectivity index (χ0) is 28.2. The van der Waals surface area contributed by atoms with Crippen LogP contribution in [0.25, 0.3) is 0 Å². The maximum atomic E-state index is 13.0. The third kappa shape index (κ3) is 10.6. The van der Waals surface area contributed by atoms with Crippen LogP contribution in [0.3, 0.4) is 0 Å². The molecule has 3 rings (SSSR count). The van der Waals surface area contributed by atoms with Gasteiger partial charge in [-0.15, -0.1) is 0 Å². The Bertz CT molecular complexity index is 1180. The number of benzene rings is 3. The average Bonchev–Trinajstić information content (AvgIpc) is 2.90. The van der Waals surface area contributed by atoms with Crippen LogP contribution in [0.15, 0.2) is 72.8 Å². The number of hydrogen-bond donors (Lipinski definition) is 1. The van der Waals surface area contributed by atoms with Gasteiger partial charge in [0.2, 0.25) is 0 Å². The molecule has 0 aromatic heterocycles. The highest BCUT2D eigenvalue weighted by Crippen LogP contribution is 2.21. The van der Waals surface area contributed by atoms with E-state index in [2.05, 4.69) is 5.32 Å². The van der Waals surface area contributed by atoms with Gasteiger partial charge < -0.3 is 14.2 Å². The lowest BCUT2D eigenvalue weighted by Gasteiger charge is -2.25. The van der Waals surface area contributed by atoms with Gasteiger partial charge in [0.1, 0.15) is 31.0 Å². The van der Waals surface area contributed by atoms with E-state index >= 15 is 0 Å². The Kier molecular flexibility index (Phi) is 12.1. The number of halogens is 2. The molecular weight excluding hydrogens is 537 g/mol. The molecule has 0 heterocycles. The van der Waals surface area contributed by atoms with Gasteiger partial charge in [0.05, 0.1) is 6.61 Å². The lowest BCUT2D eigenvalue weighted by molar-refractivity contribution is -0.150. The van der Waals surface area contributed by atoms with E-state index in [1.54, 1.807) is 25.1 Å². The Balaban J connectivity index is 1.66. The Labute approximate surface area is 240 Å². The van der Waals surface area contributed by atoms with Gasteiger partial charge in [-0.3, -0.25) is 14.9 Å². The number of hydrogen-bond acceptors (Lipinski definition) is 6. The van der Waals surface area contributed by atoms with Crippen molar-refractivity contribution >= 4 is 35.1 Å². The molecule has 8 heteroatoms. The highest BCUT2D eigenvalue weighted by molar-refractivity contribution is 6.34. The van der Waals surface area contributed by atoms with E-state index in [1.807, 2.05) is 68.4 Å². The lowest BCUT2D eigenvalue weighted by Crippen LogP contribution is -2.50. The van der Waals surface area contributed by atoms with Crippen LogP contribution in [0.1, 0.15) is 43.9 Å². The zero-order valence-electron chi connectivity index (χ0n) is 22.5. The molecule has 0 radical (unpaired) electrons. The number of carbonyl (C=O) groups is 2. The van der Waals surface area contributed by atoms with Crippen molar-refractivity contribution in [2.24, 2.45) is 5.92 Å². The molecule has 0 amide bonds. The minimum atomic E-state index is -0.724. The zero-order valence-corrected chi connectivity index (χ0v) is 24.0. The summed E-state index contributed by atoms with van der Waals surface area (Å²) < 4.78 is 16.8. The minimum Gasteiger partial charge on any atom is -0.489 e. The van der Waals surface area contributed by atoms with E-state index in [0.29, 0.717) is 35.2 Å². The van der Waals surface area contributed by atoms with Gasteiger partial charge in [-0.1, -0.05) is 79.5 Å². The first kappa shape index (κ1) is 30.5. The second kappa shape index (κ2) is 15.5. The fraction of sp³-hybridized carbons (Fsp3) is 0.355. The van der Waals surface area contributed by atoms with Gasteiger partial charge in [0, 0.05) is 10.0 Å². The molecule has 0 spiro atoms. The molecule has 6 nitrogen and oxygen atoms in total. The number of esters is 2. The lowest BCUT2D eigenvalue weighted by atomic mass is 10.0. The first-order valence-corrected chi connectivity index (χ1v) is 13.8. The molecule has 3 aromatic carbocycles. The quantitative estimate of drug-likeness (QED) is 0.215. The Morgan fingerprint density at radius 2 is 1.41 bits per heavy atom. The normalized spacial score (nSPS) is 12.6. The Hall–Kier alpha value is -3.06. The Morgan fingerprint density at radius 3 is 2.03 bits per heavy atom. The molecule has 0 aliphatic rings. The van der Waals surface area contributed by atoms with Crippen LogP contribution >= 0.6 is 23.2 Å². The predicted octanol–water partition coefficient (Wildman–Crippen LogP) is 6.79. The van der Waals surface area contributed by atoms with Crippen molar-refractivity contribution in [3.63, 3.8) is 0 Å². The van der Waals surface area contributed by atoms with Gasteiger partial charge >= 0.3 is 11.9 Å². The van der Waals surface area contributed by atoms with Crippen LogP contribution in [0.4, 0.5) is 0 Å². The highest BCUT2D eigenvalue weighted by atomic mass is 35.5. The molecule has 1 unspecified atom stereocenters. The van der Waals surface area contributed by atoms with Gasteiger partial charge in [0.25, 0.3) is 0 Å². The topological polar surface area (TPSA) is 73.9 Å². The van der Waals surface area contributed by atoms with Crippen molar-refractivity contribution in [1.82, 2.24) is 5.32 Å². The fourth-order valence-corrected chi connectivity index (χ4v) is 4.62. The summed E-state index contributed by atoms with van der Waals surface area (Å²) in [6, 6.07) is 20.8. The molecule has 0 saturated carbocycles. The number of nitrogens with one attached hydrogen (secondary N) is 1. The van der Waals surface area contributed by atoms with Crippen molar-refractivity contribution in [3.05, 3.63) is 99.5 Å². The summed E-state index contributed by atoms with van der Waals surface area (Å²) in [5, 5.41) is 4.32. The SMILES string of the molecule is CCOC(=O)[C@H](Cc1ccc(OCc2cc(Cl)cc(Cl)c2)cc1)NC(CC(C)C)C(=O)OCc1ccccc1. The summed E-state index contributed by atoms with van der Waals surface area (Å²) in [5.41, 5.74) is 2.65. The summed E-state index contributed by atoms with van der Waals surface area (Å²) in [6.45, 7) is 6.53. The van der Waals surface area contributed by atoms with Crippen molar-refractivity contribution in [2.45, 2.75) is 58.9 Å². The van der Waals surface area contributed by atoms with E-state index in [9.17, 15) is 9.59 Å². The van der Waals surface area contributed by atoms with Gasteiger partial charge in [-0.05, 0) is 72.7 Å². The van der Waals surface area contributed by atoms with E-state index in [-0.39, 0.29) is 19.1 Å². The van der Waals surface area contributed by atoms with Crippen LogP contribution in [0.2, 0.25) is 10.0 Å². The van der Waals surface area contributed by atoms with Crippen molar-refractivity contribution in [3.8, 4) is 5.75 Å². The molecule has 0 aliphatic heterocycles. The van der Waals surface area contributed by atoms with Crippen molar-refractivity contribution in [2.75, 3.05) is 6.61 Å². The van der Waals surface area contributed by atoms with E-state index in [0.717, 1.165) is 16.7 Å². The Morgan fingerprint density at radius 1 is 0.769 bits per heavy atom. The summed E-state index contributed by atoms with van der Waals surface area (Å²) in [5.74, 6) is 0.0603. The molecule has 2 atom stereocenters. The van der Waals surface area contributed by atoms with Crippen LogP contribution in [0, 0.1) is 5.92 Å². The smallest absolute Gasteiger partial charge is 0.323 e. The summed E-state index contributed by atoms with van der Waals surface area (Å²) in [6.07, 6.45) is 0.855. The van der Waals surface area contributed by atoms with Crippen LogP contribution in [-0.4, -0.2) is 30.6 Å². The first-order chi connectivity index (χ1) is 18.7. The van der Waals surface area contributed by atoms with E-state index < -0.39 is 24.0 Å². The second-order valence-corrected chi connectivity index (χ2v) is 10.5. The van der Waals surface area contributed by atoms with E-state index in [4.69, 9.17) is 37.4 Å².